The van der Waals surface area contributed by atoms with Gasteiger partial charge in [0.05, 0.1) is 0 Å². The predicted molar refractivity (Wildman–Crippen MR) is 69.1 cm³/mol. The highest BCUT2D eigenvalue weighted by molar-refractivity contribution is 5.45. The van der Waals surface area contributed by atoms with E-state index in [1.54, 1.807) is 12.1 Å². The van der Waals surface area contributed by atoms with Crippen molar-refractivity contribution in [1.82, 2.24) is 0 Å². The van der Waals surface area contributed by atoms with Gasteiger partial charge >= 0.3 is 0 Å². The molecule has 0 amide bonds. The maximum atomic E-state index is 9.33. The van der Waals surface area contributed by atoms with E-state index in [1.165, 1.54) is 19.3 Å². The Hall–Kier alpha value is -1.22. The van der Waals surface area contributed by atoms with Gasteiger partial charge in [-0.3, -0.25) is 0 Å². The third-order valence-electron chi connectivity index (χ3n) is 3.74. The molecule has 3 N–H and O–H groups in total. The summed E-state index contributed by atoms with van der Waals surface area (Å²) in [6.45, 7) is 1.22. The first kappa shape index (κ1) is 12.2. The molecule has 94 valence electrons. The predicted octanol–water partition coefficient (Wildman–Crippen LogP) is 2.60. The summed E-state index contributed by atoms with van der Waals surface area (Å²) in [6, 6.07) is 7.14. The summed E-state index contributed by atoms with van der Waals surface area (Å²) in [5.41, 5.74) is 1.03. The van der Waals surface area contributed by atoms with Crippen LogP contribution in [0.2, 0.25) is 0 Å². The van der Waals surface area contributed by atoms with Crippen molar-refractivity contribution in [3.63, 3.8) is 0 Å². The van der Waals surface area contributed by atoms with E-state index >= 15 is 0 Å². The van der Waals surface area contributed by atoms with Crippen molar-refractivity contribution in [2.45, 2.75) is 25.7 Å². The third kappa shape index (κ3) is 3.37. The van der Waals surface area contributed by atoms with Crippen molar-refractivity contribution in [3.8, 4) is 5.75 Å². The lowest BCUT2D eigenvalue weighted by molar-refractivity contribution is 0.141. The number of rotatable bonds is 4. The summed E-state index contributed by atoms with van der Waals surface area (Å²) in [5.74, 6) is 1.32. The summed E-state index contributed by atoms with van der Waals surface area (Å²) in [5, 5.41) is 21.9. The molecule has 2 rings (SSSR count). The fourth-order valence-corrected chi connectivity index (χ4v) is 2.62. The molecule has 2 unspecified atom stereocenters. The minimum atomic E-state index is 0.293. The van der Waals surface area contributed by atoms with Gasteiger partial charge in [-0.05, 0) is 48.9 Å². The van der Waals surface area contributed by atoms with Gasteiger partial charge in [0.15, 0.2) is 0 Å². The van der Waals surface area contributed by atoms with Gasteiger partial charge in [-0.1, -0.05) is 12.8 Å². The zero-order valence-electron chi connectivity index (χ0n) is 10.1. The van der Waals surface area contributed by atoms with Crippen LogP contribution in [0, 0.1) is 11.8 Å². The molecular formula is C14H21NO2. The normalized spacial score (nSPS) is 24.5. The maximum Gasteiger partial charge on any atom is 0.115 e. The number of benzene rings is 1. The summed E-state index contributed by atoms with van der Waals surface area (Å²) < 4.78 is 0. The summed E-state index contributed by atoms with van der Waals surface area (Å²) >= 11 is 0. The molecule has 17 heavy (non-hydrogen) atoms. The number of nitrogens with one attached hydrogen (secondary N) is 1. The topological polar surface area (TPSA) is 52.5 Å². The molecule has 3 heteroatoms. The van der Waals surface area contributed by atoms with Crippen LogP contribution < -0.4 is 5.32 Å². The van der Waals surface area contributed by atoms with Gasteiger partial charge in [0.2, 0.25) is 0 Å². The number of hydrogen-bond donors (Lipinski definition) is 3. The minimum Gasteiger partial charge on any atom is -0.508 e. The van der Waals surface area contributed by atoms with Gasteiger partial charge in [0.25, 0.3) is 0 Å². The quantitative estimate of drug-likeness (QED) is 0.703. The Balaban J connectivity index is 1.86. The molecule has 0 spiro atoms. The highest BCUT2D eigenvalue weighted by Crippen LogP contribution is 2.30. The zero-order chi connectivity index (χ0) is 12.1. The Morgan fingerprint density at radius 2 is 1.71 bits per heavy atom. The van der Waals surface area contributed by atoms with Gasteiger partial charge in [-0.2, -0.15) is 0 Å². The molecule has 0 aromatic heterocycles. The fraction of sp³-hybridized carbons (Fsp3) is 0.571. The first-order valence-electron chi connectivity index (χ1n) is 6.43. The van der Waals surface area contributed by atoms with Crippen molar-refractivity contribution in [3.05, 3.63) is 24.3 Å². The Labute approximate surface area is 102 Å². The van der Waals surface area contributed by atoms with Crippen LogP contribution in [-0.4, -0.2) is 23.4 Å². The molecule has 0 heterocycles. The monoisotopic (exact) mass is 235 g/mol. The molecule has 1 aliphatic carbocycles. The van der Waals surface area contributed by atoms with Crippen LogP contribution in [0.5, 0.6) is 5.75 Å². The SMILES string of the molecule is OCC1CCCCC1CNc1ccc(O)cc1. The van der Waals surface area contributed by atoms with Crippen LogP contribution in [0.1, 0.15) is 25.7 Å². The second-order valence-corrected chi connectivity index (χ2v) is 4.91. The fourth-order valence-electron chi connectivity index (χ4n) is 2.62. The number of aliphatic hydroxyl groups is 1. The molecule has 1 fully saturated rings. The summed E-state index contributed by atoms with van der Waals surface area (Å²) in [7, 11) is 0. The largest absolute Gasteiger partial charge is 0.508 e. The van der Waals surface area contributed by atoms with E-state index in [0.29, 0.717) is 24.2 Å². The lowest BCUT2D eigenvalue weighted by Gasteiger charge is -2.30. The lowest BCUT2D eigenvalue weighted by atomic mass is 9.79. The molecular weight excluding hydrogens is 214 g/mol. The van der Waals surface area contributed by atoms with Gasteiger partial charge in [-0.15, -0.1) is 0 Å². The first-order chi connectivity index (χ1) is 8.29. The number of anilines is 1. The van der Waals surface area contributed by atoms with Crippen molar-refractivity contribution >= 4 is 5.69 Å². The van der Waals surface area contributed by atoms with Gasteiger partial charge in [0.1, 0.15) is 5.75 Å². The molecule has 0 radical (unpaired) electrons. The first-order valence-corrected chi connectivity index (χ1v) is 6.43. The number of aliphatic hydroxyl groups excluding tert-OH is 1. The highest BCUT2D eigenvalue weighted by atomic mass is 16.3. The van der Waals surface area contributed by atoms with E-state index in [9.17, 15) is 10.2 Å². The molecule has 1 aromatic carbocycles. The Bertz CT molecular complexity index is 337. The molecule has 0 bridgehead atoms. The molecule has 1 aromatic rings. The van der Waals surface area contributed by atoms with E-state index in [4.69, 9.17) is 0 Å². The van der Waals surface area contributed by atoms with Crippen LogP contribution in [-0.2, 0) is 0 Å². The maximum absolute atomic E-state index is 9.33. The Morgan fingerprint density at radius 1 is 1.06 bits per heavy atom. The number of phenols is 1. The Kier molecular flexibility index (Phi) is 4.26. The Morgan fingerprint density at radius 3 is 2.35 bits per heavy atom. The van der Waals surface area contributed by atoms with Crippen LogP contribution >= 0.6 is 0 Å². The van der Waals surface area contributed by atoms with Crippen LogP contribution in [0.4, 0.5) is 5.69 Å². The number of aromatic hydroxyl groups is 1. The standard InChI is InChI=1S/C14H21NO2/c16-10-12-4-2-1-3-11(12)9-15-13-5-7-14(17)8-6-13/h5-8,11-12,15-17H,1-4,9-10H2. The molecule has 3 nitrogen and oxygen atoms in total. The average Bonchev–Trinajstić information content (AvgIpc) is 2.38. The average molecular weight is 235 g/mol. The van der Waals surface area contributed by atoms with E-state index < -0.39 is 0 Å². The van der Waals surface area contributed by atoms with E-state index in [-0.39, 0.29) is 0 Å². The van der Waals surface area contributed by atoms with Gasteiger partial charge < -0.3 is 15.5 Å². The van der Waals surface area contributed by atoms with Crippen LogP contribution in [0.25, 0.3) is 0 Å². The molecule has 1 aliphatic rings. The highest BCUT2D eigenvalue weighted by Gasteiger charge is 2.23. The zero-order valence-corrected chi connectivity index (χ0v) is 10.1. The van der Waals surface area contributed by atoms with Crippen molar-refractivity contribution in [2.75, 3.05) is 18.5 Å². The smallest absolute Gasteiger partial charge is 0.115 e. The lowest BCUT2D eigenvalue weighted by Crippen LogP contribution is -2.28. The number of phenolic OH excluding ortho intramolecular Hbond substituents is 1. The van der Waals surface area contributed by atoms with Crippen molar-refractivity contribution in [1.29, 1.82) is 0 Å². The summed E-state index contributed by atoms with van der Waals surface area (Å²) in [6.07, 6.45) is 4.88. The molecule has 0 aliphatic heterocycles. The molecule has 0 saturated heterocycles. The molecule has 1 saturated carbocycles. The van der Waals surface area contributed by atoms with Crippen LogP contribution in [0.15, 0.2) is 24.3 Å². The molecule has 2 atom stereocenters. The van der Waals surface area contributed by atoms with E-state index in [2.05, 4.69) is 5.32 Å². The van der Waals surface area contributed by atoms with E-state index in [0.717, 1.165) is 18.7 Å². The van der Waals surface area contributed by atoms with E-state index in [1.807, 2.05) is 12.1 Å². The number of hydrogen-bond acceptors (Lipinski definition) is 3. The van der Waals surface area contributed by atoms with Gasteiger partial charge in [0, 0.05) is 18.8 Å². The van der Waals surface area contributed by atoms with Gasteiger partial charge in [-0.25, -0.2) is 0 Å². The second kappa shape index (κ2) is 5.92. The second-order valence-electron chi connectivity index (χ2n) is 4.91. The minimum absolute atomic E-state index is 0.293. The third-order valence-corrected chi connectivity index (χ3v) is 3.74. The van der Waals surface area contributed by atoms with Crippen molar-refractivity contribution < 1.29 is 10.2 Å². The van der Waals surface area contributed by atoms with Crippen LogP contribution in [0.3, 0.4) is 0 Å². The van der Waals surface area contributed by atoms with Crippen molar-refractivity contribution in [2.24, 2.45) is 11.8 Å². The summed E-state index contributed by atoms with van der Waals surface area (Å²) in [4.78, 5) is 0.